The number of carbonyl (C=O) groups excluding carboxylic acids is 1. The predicted molar refractivity (Wildman–Crippen MR) is 157 cm³/mol. The highest BCUT2D eigenvalue weighted by molar-refractivity contribution is 5.94. The quantitative estimate of drug-likeness (QED) is 0.327. The van der Waals surface area contributed by atoms with Crippen molar-refractivity contribution < 1.29 is 19.7 Å². The summed E-state index contributed by atoms with van der Waals surface area (Å²) >= 11 is 0. The number of anilines is 1. The molecule has 0 radical (unpaired) electrons. The number of ether oxygens (including phenoxy) is 1. The molecular weight excluding hydrogens is 525 g/mol. The summed E-state index contributed by atoms with van der Waals surface area (Å²) < 4.78 is 5.78. The van der Waals surface area contributed by atoms with Gasteiger partial charge in [0.15, 0.2) is 0 Å². The molecule has 38 heavy (non-hydrogen) atoms. The number of phenols is 2. The van der Waals surface area contributed by atoms with Crippen molar-refractivity contribution >= 4 is 36.4 Å². The van der Waals surface area contributed by atoms with E-state index in [0.29, 0.717) is 23.1 Å². The highest BCUT2D eigenvalue weighted by Crippen LogP contribution is 2.25. The van der Waals surface area contributed by atoms with Gasteiger partial charge in [-0.15, -0.1) is 24.8 Å². The summed E-state index contributed by atoms with van der Waals surface area (Å²) in [6, 6.07) is 21.3. The number of halogens is 2. The van der Waals surface area contributed by atoms with E-state index >= 15 is 0 Å². The highest BCUT2D eigenvalue weighted by Gasteiger charge is 2.27. The number of benzene rings is 3. The number of hydrogen-bond donors (Lipinski definition) is 3. The van der Waals surface area contributed by atoms with Crippen LogP contribution in [0.25, 0.3) is 0 Å². The zero-order valence-electron chi connectivity index (χ0n) is 21.9. The van der Waals surface area contributed by atoms with Gasteiger partial charge in [0, 0.05) is 55.6 Å². The Morgan fingerprint density at radius 1 is 0.947 bits per heavy atom. The summed E-state index contributed by atoms with van der Waals surface area (Å²) in [5.74, 6) is 1.88. The van der Waals surface area contributed by atoms with Gasteiger partial charge in [0.25, 0.3) is 5.91 Å². The Hall–Kier alpha value is -3.13. The number of piperazine rings is 1. The first kappa shape index (κ1) is 31.1. The molecule has 1 heterocycles. The van der Waals surface area contributed by atoms with Crippen LogP contribution in [0, 0.1) is 5.92 Å². The predicted octanol–water partition coefficient (Wildman–Crippen LogP) is 5.70. The first-order valence-electron chi connectivity index (χ1n) is 12.4. The van der Waals surface area contributed by atoms with E-state index in [2.05, 4.69) is 35.9 Å². The normalized spacial score (nSPS) is 16.2. The molecule has 0 bridgehead atoms. The molecule has 206 valence electrons. The SMILES string of the molecule is CC(C)C(CN1CCN(c2cccc(O)c2)[C@@H](C)C1)NC(=O)c1ccc(Oc2ccc(O)cc2)cc1.Cl.Cl. The van der Waals surface area contributed by atoms with Crippen LogP contribution < -0.4 is 15.0 Å². The molecular formula is C29H37Cl2N3O4. The van der Waals surface area contributed by atoms with Gasteiger partial charge in [-0.3, -0.25) is 9.69 Å². The van der Waals surface area contributed by atoms with Crippen LogP contribution in [0.3, 0.4) is 0 Å². The zero-order valence-corrected chi connectivity index (χ0v) is 23.5. The Balaban J connectivity index is 0.00000253. The second kappa shape index (κ2) is 14.1. The number of nitrogens with zero attached hydrogens (tertiary/aromatic N) is 2. The first-order valence-corrected chi connectivity index (χ1v) is 12.4. The topological polar surface area (TPSA) is 85.3 Å². The van der Waals surface area contributed by atoms with Crippen molar-refractivity contribution in [3.05, 3.63) is 78.4 Å². The van der Waals surface area contributed by atoms with Crippen molar-refractivity contribution in [2.75, 3.05) is 31.1 Å². The van der Waals surface area contributed by atoms with Crippen molar-refractivity contribution in [3.8, 4) is 23.0 Å². The zero-order chi connectivity index (χ0) is 25.7. The van der Waals surface area contributed by atoms with Crippen molar-refractivity contribution in [1.29, 1.82) is 0 Å². The smallest absolute Gasteiger partial charge is 0.251 e. The average Bonchev–Trinajstić information content (AvgIpc) is 2.85. The maximum Gasteiger partial charge on any atom is 0.251 e. The van der Waals surface area contributed by atoms with Gasteiger partial charge < -0.3 is 25.2 Å². The maximum atomic E-state index is 13.0. The van der Waals surface area contributed by atoms with E-state index < -0.39 is 0 Å². The van der Waals surface area contributed by atoms with Gasteiger partial charge in [-0.2, -0.15) is 0 Å². The summed E-state index contributed by atoms with van der Waals surface area (Å²) in [7, 11) is 0. The van der Waals surface area contributed by atoms with E-state index in [-0.39, 0.29) is 54.2 Å². The van der Waals surface area contributed by atoms with E-state index in [9.17, 15) is 15.0 Å². The molecule has 4 rings (SSSR count). The molecule has 3 aromatic rings. The molecule has 1 unspecified atom stereocenters. The lowest BCUT2D eigenvalue weighted by Crippen LogP contribution is -2.56. The van der Waals surface area contributed by atoms with Crippen LogP contribution in [0.4, 0.5) is 5.69 Å². The summed E-state index contributed by atoms with van der Waals surface area (Å²) in [6.45, 7) is 9.88. The third-order valence-electron chi connectivity index (χ3n) is 6.64. The van der Waals surface area contributed by atoms with Crippen molar-refractivity contribution in [2.45, 2.75) is 32.9 Å². The van der Waals surface area contributed by atoms with Crippen molar-refractivity contribution in [3.63, 3.8) is 0 Å². The molecule has 0 aliphatic carbocycles. The average molecular weight is 563 g/mol. The molecule has 3 N–H and O–H groups in total. The van der Waals surface area contributed by atoms with Gasteiger partial charge in [-0.25, -0.2) is 0 Å². The number of nitrogens with one attached hydrogen (secondary N) is 1. The van der Waals surface area contributed by atoms with Crippen LogP contribution in [0.15, 0.2) is 72.8 Å². The lowest BCUT2D eigenvalue weighted by Gasteiger charge is -2.42. The summed E-state index contributed by atoms with van der Waals surface area (Å²) in [6.07, 6.45) is 0. The van der Waals surface area contributed by atoms with E-state index in [0.717, 1.165) is 31.9 Å². The van der Waals surface area contributed by atoms with E-state index in [1.165, 1.54) is 0 Å². The molecule has 0 saturated carbocycles. The first-order chi connectivity index (χ1) is 17.3. The van der Waals surface area contributed by atoms with Crippen LogP contribution >= 0.6 is 24.8 Å². The molecule has 1 aliphatic heterocycles. The Morgan fingerprint density at radius 3 is 2.16 bits per heavy atom. The molecule has 7 nitrogen and oxygen atoms in total. The van der Waals surface area contributed by atoms with Crippen molar-refractivity contribution in [1.82, 2.24) is 10.2 Å². The van der Waals surface area contributed by atoms with Crippen LogP contribution in [0.5, 0.6) is 23.0 Å². The van der Waals surface area contributed by atoms with E-state index in [4.69, 9.17) is 4.74 Å². The molecule has 1 amide bonds. The van der Waals surface area contributed by atoms with Gasteiger partial charge in [0.2, 0.25) is 0 Å². The molecule has 9 heteroatoms. The van der Waals surface area contributed by atoms with Gasteiger partial charge in [0.05, 0.1) is 0 Å². The van der Waals surface area contributed by atoms with Crippen LogP contribution in [0.2, 0.25) is 0 Å². The number of rotatable bonds is 8. The standard InChI is InChI=1S/C29H35N3O4.2ClH/c1-20(2)28(19-31-15-16-32(21(3)18-31)23-5-4-6-25(34)17-23)30-29(35)22-7-11-26(12-8-22)36-27-13-9-24(33)10-14-27;;/h4-14,17,20-21,28,33-34H,15-16,18-19H2,1-3H3,(H,30,35);2*1H/t21-,28?;;/m0../s1. The molecule has 1 aliphatic rings. The fourth-order valence-corrected chi connectivity index (χ4v) is 4.53. The van der Waals surface area contributed by atoms with Crippen LogP contribution in [-0.4, -0.2) is 59.3 Å². The number of aromatic hydroxyl groups is 2. The van der Waals surface area contributed by atoms with Gasteiger partial charge >= 0.3 is 0 Å². The fraction of sp³-hybridized carbons (Fsp3) is 0.345. The summed E-state index contributed by atoms with van der Waals surface area (Å²) in [4.78, 5) is 17.7. The second-order valence-corrected chi connectivity index (χ2v) is 9.77. The van der Waals surface area contributed by atoms with Crippen LogP contribution in [-0.2, 0) is 0 Å². The fourth-order valence-electron chi connectivity index (χ4n) is 4.53. The second-order valence-electron chi connectivity index (χ2n) is 9.77. The molecule has 0 spiro atoms. The summed E-state index contributed by atoms with van der Waals surface area (Å²) in [5.41, 5.74) is 1.62. The van der Waals surface area contributed by atoms with Crippen LogP contribution in [0.1, 0.15) is 31.1 Å². The Morgan fingerprint density at radius 2 is 1.58 bits per heavy atom. The minimum Gasteiger partial charge on any atom is -0.508 e. The van der Waals surface area contributed by atoms with E-state index in [1.807, 2.05) is 18.2 Å². The van der Waals surface area contributed by atoms with E-state index in [1.54, 1.807) is 54.6 Å². The molecule has 1 saturated heterocycles. The maximum absolute atomic E-state index is 13.0. The molecule has 2 atom stereocenters. The molecule has 1 fully saturated rings. The lowest BCUT2D eigenvalue weighted by atomic mass is 10.0. The molecule has 3 aromatic carbocycles. The van der Waals surface area contributed by atoms with Crippen molar-refractivity contribution in [2.24, 2.45) is 5.92 Å². The minimum atomic E-state index is -0.101. The van der Waals surface area contributed by atoms with Gasteiger partial charge in [-0.1, -0.05) is 19.9 Å². The van der Waals surface area contributed by atoms with Gasteiger partial charge in [-0.05, 0) is 73.5 Å². The third kappa shape index (κ3) is 8.18. The Labute approximate surface area is 237 Å². The lowest BCUT2D eigenvalue weighted by molar-refractivity contribution is 0.0903. The number of hydrogen-bond acceptors (Lipinski definition) is 6. The number of amides is 1. The largest absolute Gasteiger partial charge is 0.508 e. The third-order valence-corrected chi connectivity index (χ3v) is 6.64. The monoisotopic (exact) mass is 561 g/mol. The summed E-state index contributed by atoms with van der Waals surface area (Å²) in [5, 5.41) is 22.5. The van der Waals surface area contributed by atoms with Gasteiger partial charge in [0.1, 0.15) is 23.0 Å². The number of phenolic OH excluding ortho intramolecular Hbond substituents is 2. The Bertz CT molecular complexity index is 1160. The molecule has 0 aromatic heterocycles. The minimum absolute atomic E-state index is 0. The number of carbonyl (C=O) groups is 1. The highest BCUT2D eigenvalue weighted by atomic mass is 35.5. The Kier molecular flexibility index (Phi) is 11.6.